The standard InChI is InChI=1S/C54H50/c1-3-11-41-39(9-1)47(17-19-49(41)53-27-33-21-34(28-53)23-35(22-33)29-53)51-43-13-5-7-15-45(43)52(46-16-8-6-14-44(46)51)48-18-20-50(42-12-4-2-10-40(42)48)54-30-36-24-37(31-54)26-38(25-36)32-54/h1-20,33-38H,21-32H2. The zero-order valence-electron chi connectivity index (χ0n) is 31.5. The van der Waals surface area contributed by atoms with Crippen LogP contribution in [0, 0.1) is 35.5 Å². The van der Waals surface area contributed by atoms with Crippen molar-refractivity contribution in [1.82, 2.24) is 0 Å². The molecule has 0 spiro atoms. The second-order valence-electron chi connectivity index (χ2n) is 19.6. The van der Waals surface area contributed by atoms with Crippen LogP contribution in [-0.4, -0.2) is 0 Å². The predicted octanol–water partition coefficient (Wildman–Crippen LogP) is 14.6. The Hall–Kier alpha value is -4.42. The van der Waals surface area contributed by atoms with Crippen molar-refractivity contribution < 1.29 is 0 Å². The molecule has 0 radical (unpaired) electrons. The van der Waals surface area contributed by atoms with Gasteiger partial charge in [-0.25, -0.2) is 0 Å². The molecule has 0 aromatic heterocycles. The van der Waals surface area contributed by atoms with Gasteiger partial charge in [-0.15, -0.1) is 0 Å². The highest BCUT2D eigenvalue weighted by atomic mass is 14.6. The van der Waals surface area contributed by atoms with Gasteiger partial charge in [0.05, 0.1) is 0 Å². The van der Waals surface area contributed by atoms with Crippen LogP contribution in [0.25, 0.3) is 65.3 Å². The fraction of sp³-hybridized carbons (Fsp3) is 0.370. The Balaban J connectivity index is 1.04. The third kappa shape index (κ3) is 4.26. The average molecular weight is 699 g/mol. The van der Waals surface area contributed by atoms with Crippen molar-refractivity contribution in [3.05, 3.63) is 132 Å². The van der Waals surface area contributed by atoms with Crippen LogP contribution in [0.3, 0.4) is 0 Å². The summed E-state index contributed by atoms with van der Waals surface area (Å²) in [7, 11) is 0. The van der Waals surface area contributed by atoms with Gasteiger partial charge in [-0.2, -0.15) is 0 Å². The molecule has 8 aliphatic rings. The third-order valence-corrected chi connectivity index (χ3v) is 16.5. The van der Waals surface area contributed by atoms with Crippen molar-refractivity contribution in [2.24, 2.45) is 35.5 Å². The first-order valence-electron chi connectivity index (χ1n) is 21.6. The molecule has 266 valence electrons. The van der Waals surface area contributed by atoms with Crippen LogP contribution < -0.4 is 0 Å². The first-order valence-corrected chi connectivity index (χ1v) is 21.6. The molecule has 0 nitrogen and oxygen atoms in total. The Bertz CT molecular complexity index is 2380. The first kappa shape index (κ1) is 30.9. The molecular weight excluding hydrogens is 649 g/mol. The van der Waals surface area contributed by atoms with Crippen LogP contribution in [0.4, 0.5) is 0 Å². The highest BCUT2D eigenvalue weighted by molar-refractivity contribution is 6.25. The molecule has 0 heteroatoms. The molecule has 8 bridgehead atoms. The number of benzene rings is 7. The lowest BCUT2D eigenvalue weighted by molar-refractivity contribution is -0.00462. The zero-order chi connectivity index (χ0) is 35.2. The van der Waals surface area contributed by atoms with Gasteiger partial charge in [0.15, 0.2) is 0 Å². The number of hydrogen-bond donors (Lipinski definition) is 0. The van der Waals surface area contributed by atoms with Crippen LogP contribution in [-0.2, 0) is 10.8 Å². The molecule has 0 N–H and O–H groups in total. The predicted molar refractivity (Wildman–Crippen MR) is 227 cm³/mol. The Morgan fingerprint density at radius 1 is 0.278 bits per heavy atom. The fourth-order valence-electron chi connectivity index (χ4n) is 15.5. The molecule has 7 aromatic rings. The van der Waals surface area contributed by atoms with Gasteiger partial charge in [-0.3, -0.25) is 0 Å². The van der Waals surface area contributed by atoms with Crippen molar-refractivity contribution in [3.63, 3.8) is 0 Å². The van der Waals surface area contributed by atoms with Crippen LogP contribution in [0.5, 0.6) is 0 Å². The van der Waals surface area contributed by atoms with Crippen molar-refractivity contribution in [3.8, 4) is 22.3 Å². The summed E-state index contributed by atoms with van der Waals surface area (Å²) in [5.74, 6) is 5.63. The minimum absolute atomic E-state index is 0.365. The van der Waals surface area contributed by atoms with E-state index in [9.17, 15) is 0 Å². The minimum Gasteiger partial charge on any atom is -0.0616 e. The van der Waals surface area contributed by atoms with Gasteiger partial charge in [0.1, 0.15) is 0 Å². The Morgan fingerprint density at radius 3 is 0.833 bits per heavy atom. The van der Waals surface area contributed by atoms with E-state index in [4.69, 9.17) is 0 Å². The van der Waals surface area contributed by atoms with E-state index in [0.717, 1.165) is 35.5 Å². The maximum atomic E-state index is 2.60. The molecule has 0 amide bonds. The van der Waals surface area contributed by atoms with Gasteiger partial charge in [0.25, 0.3) is 0 Å². The molecule has 0 atom stereocenters. The van der Waals surface area contributed by atoms with Crippen molar-refractivity contribution in [1.29, 1.82) is 0 Å². The molecule has 8 saturated carbocycles. The summed E-state index contributed by atoms with van der Waals surface area (Å²) < 4.78 is 0. The van der Waals surface area contributed by atoms with E-state index in [2.05, 4.69) is 121 Å². The number of rotatable bonds is 4. The molecule has 0 unspecified atom stereocenters. The van der Waals surface area contributed by atoms with E-state index < -0.39 is 0 Å². The Morgan fingerprint density at radius 2 is 0.537 bits per heavy atom. The minimum atomic E-state index is 0.365. The summed E-state index contributed by atoms with van der Waals surface area (Å²) in [5, 5.41) is 11.3. The van der Waals surface area contributed by atoms with Crippen LogP contribution in [0.1, 0.15) is 88.2 Å². The third-order valence-electron chi connectivity index (χ3n) is 16.5. The molecule has 8 fully saturated rings. The lowest BCUT2D eigenvalue weighted by Crippen LogP contribution is -2.48. The van der Waals surface area contributed by atoms with E-state index in [1.165, 1.54) is 142 Å². The number of fused-ring (bicyclic) bond motifs is 4. The molecular formula is C54H50. The average Bonchev–Trinajstić information content (AvgIpc) is 3.18. The largest absolute Gasteiger partial charge is 0.0616 e. The van der Waals surface area contributed by atoms with Crippen molar-refractivity contribution >= 4 is 43.1 Å². The summed E-state index contributed by atoms with van der Waals surface area (Å²) in [6, 6.07) is 47.9. The van der Waals surface area contributed by atoms with Crippen LogP contribution in [0.15, 0.2) is 121 Å². The van der Waals surface area contributed by atoms with Crippen molar-refractivity contribution in [2.45, 2.75) is 87.9 Å². The zero-order valence-corrected chi connectivity index (χ0v) is 31.5. The normalized spacial score (nSPS) is 32.1. The summed E-state index contributed by atoms with van der Waals surface area (Å²) in [6.45, 7) is 0. The highest BCUT2D eigenvalue weighted by Crippen LogP contribution is 2.63. The summed E-state index contributed by atoms with van der Waals surface area (Å²) >= 11 is 0. The maximum absolute atomic E-state index is 2.60. The monoisotopic (exact) mass is 698 g/mol. The van der Waals surface area contributed by atoms with Gasteiger partial charge in [-0.05, 0) is 200 Å². The molecule has 54 heavy (non-hydrogen) atoms. The highest BCUT2D eigenvalue weighted by Gasteiger charge is 2.53. The van der Waals surface area contributed by atoms with E-state index in [-0.39, 0.29) is 0 Å². The van der Waals surface area contributed by atoms with E-state index >= 15 is 0 Å². The Labute approximate surface area is 320 Å². The first-order chi connectivity index (χ1) is 26.6. The van der Waals surface area contributed by atoms with Crippen molar-refractivity contribution in [2.75, 3.05) is 0 Å². The topological polar surface area (TPSA) is 0 Å². The van der Waals surface area contributed by atoms with Gasteiger partial charge in [-0.1, -0.05) is 121 Å². The molecule has 0 aliphatic heterocycles. The molecule has 15 rings (SSSR count). The van der Waals surface area contributed by atoms with E-state index in [1.807, 2.05) is 0 Å². The van der Waals surface area contributed by atoms with E-state index in [1.54, 1.807) is 11.1 Å². The smallest absolute Gasteiger partial charge is 0.00201 e. The summed E-state index contributed by atoms with van der Waals surface area (Å²) in [6.07, 6.45) is 17.3. The lowest BCUT2D eigenvalue weighted by atomic mass is 9.47. The molecule has 0 heterocycles. The maximum Gasteiger partial charge on any atom is -0.00201 e. The van der Waals surface area contributed by atoms with Gasteiger partial charge < -0.3 is 0 Å². The fourth-order valence-corrected chi connectivity index (χ4v) is 15.5. The van der Waals surface area contributed by atoms with Crippen LogP contribution in [0.2, 0.25) is 0 Å². The second kappa shape index (κ2) is 11.1. The van der Waals surface area contributed by atoms with Gasteiger partial charge in [0.2, 0.25) is 0 Å². The lowest BCUT2D eigenvalue weighted by Gasteiger charge is -2.57. The van der Waals surface area contributed by atoms with Gasteiger partial charge >= 0.3 is 0 Å². The quantitative estimate of drug-likeness (QED) is 0.161. The molecule has 8 aliphatic carbocycles. The molecule has 0 saturated heterocycles. The van der Waals surface area contributed by atoms with Crippen LogP contribution >= 0.6 is 0 Å². The van der Waals surface area contributed by atoms with E-state index in [0.29, 0.717) is 10.8 Å². The van der Waals surface area contributed by atoms with Gasteiger partial charge in [0, 0.05) is 0 Å². The molecule has 7 aromatic carbocycles. The number of hydrogen-bond acceptors (Lipinski definition) is 0. The Kier molecular flexibility index (Phi) is 6.34. The SMILES string of the molecule is c1ccc2c(C34CC5CC(CC(C5)C3)C4)ccc(-c3c4ccccc4c(-c4ccc(C56CC7CC(CC(C7)C5)C6)c5ccccc45)c4ccccc34)c2c1. The summed E-state index contributed by atoms with van der Waals surface area (Å²) in [5.41, 5.74) is 9.60. The second-order valence-corrected chi connectivity index (χ2v) is 19.6. The summed E-state index contributed by atoms with van der Waals surface area (Å²) in [4.78, 5) is 0.